The van der Waals surface area contributed by atoms with Gasteiger partial charge in [0.25, 0.3) is 0 Å². The van der Waals surface area contributed by atoms with Crippen LogP contribution in [0.5, 0.6) is 0 Å². The highest BCUT2D eigenvalue weighted by molar-refractivity contribution is 5.97. The lowest BCUT2D eigenvalue weighted by atomic mass is 9.76. The van der Waals surface area contributed by atoms with Crippen molar-refractivity contribution in [2.45, 2.75) is 46.1 Å². The van der Waals surface area contributed by atoms with Crippen LogP contribution in [0.2, 0.25) is 0 Å². The van der Waals surface area contributed by atoms with E-state index in [0.717, 1.165) is 18.6 Å². The summed E-state index contributed by atoms with van der Waals surface area (Å²) in [6.45, 7) is 8.47. The van der Waals surface area contributed by atoms with E-state index in [4.69, 9.17) is 10.9 Å². The quantitative estimate of drug-likeness (QED) is 0.392. The van der Waals surface area contributed by atoms with E-state index < -0.39 is 0 Å². The van der Waals surface area contributed by atoms with Gasteiger partial charge < -0.3 is 10.9 Å². The maximum absolute atomic E-state index is 8.94. The fourth-order valence-electron chi connectivity index (χ4n) is 1.42. The Bertz CT molecular complexity index is 224. The molecular weight excluding hydrogens is 164 g/mol. The Labute approximate surface area is 80.0 Å². The van der Waals surface area contributed by atoms with E-state index >= 15 is 0 Å². The Morgan fingerprint density at radius 1 is 1.46 bits per heavy atom. The molecule has 1 rings (SSSR count). The fourth-order valence-corrected chi connectivity index (χ4v) is 1.42. The van der Waals surface area contributed by atoms with E-state index in [9.17, 15) is 0 Å². The molecule has 0 saturated heterocycles. The van der Waals surface area contributed by atoms with Crippen molar-refractivity contribution in [3.05, 3.63) is 0 Å². The van der Waals surface area contributed by atoms with Crippen molar-refractivity contribution in [2.75, 3.05) is 0 Å². The molecule has 0 radical (unpaired) electrons. The molecule has 0 aliphatic heterocycles. The van der Waals surface area contributed by atoms with Crippen LogP contribution in [-0.2, 0) is 0 Å². The molecule has 76 valence electrons. The lowest BCUT2D eigenvalue weighted by Gasteiger charge is -2.30. The third-order valence-corrected chi connectivity index (χ3v) is 3.12. The van der Waals surface area contributed by atoms with Crippen molar-refractivity contribution in [3.63, 3.8) is 0 Å². The molecule has 1 fully saturated rings. The van der Waals surface area contributed by atoms with E-state index in [1.807, 2.05) is 0 Å². The molecule has 1 saturated carbocycles. The normalized spacial score (nSPS) is 24.2. The largest absolute Gasteiger partial charge is 0.411 e. The zero-order chi connectivity index (χ0) is 10.3. The predicted octanol–water partition coefficient (Wildman–Crippen LogP) is 1.99. The first-order chi connectivity index (χ1) is 5.81. The Morgan fingerprint density at radius 3 is 2.15 bits per heavy atom. The van der Waals surface area contributed by atoms with Crippen LogP contribution in [0.1, 0.15) is 40.5 Å². The molecule has 0 aromatic rings. The van der Waals surface area contributed by atoms with Crippen molar-refractivity contribution in [1.29, 1.82) is 0 Å². The third kappa shape index (κ3) is 2.02. The lowest BCUT2D eigenvalue weighted by molar-refractivity contribution is 0.284. The van der Waals surface area contributed by atoms with Crippen molar-refractivity contribution in [1.82, 2.24) is 0 Å². The minimum atomic E-state index is -0.304. The highest BCUT2D eigenvalue weighted by Gasteiger charge is 2.47. The van der Waals surface area contributed by atoms with Crippen LogP contribution in [0.3, 0.4) is 0 Å². The van der Waals surface area contributed by atoms with Gasteiger partial charge in [-0.1, -0.05) is 32.9 Å². The molecule has 3 heteroatoms. The van der Waals surface area contributed by atoms with Gasteiger partial charge in [-0.15, -0.1) is 0 Å². The van der Waals surface area contributed by atoms with Crippen LogP contribution in [0.4, 0.5) is 0 Å². The number of nitrogens with two attached hydrogens (primary N) is 1. The van der Waals surface area contributed by atoms with E-state index in [1.54, 1.807) is 0 Å². The van der Waals surface area contributed by atoms with Gasteiger partial charge in [-0.25, -0.2) is 0 Å². The monoisotopic (exact) mass is 184 g/mol. The smallest absolute Gasteiger partial charge is 0.0802 e. The van der Waals surface area contributed by atoms with Gasteiger partial charge in [0.1, 0.15) is 0 Å². The number of hydrogen-bond acceptors (Lipinski definition) is 3. The summed E-state index contributed by atoms with van der Waals surface area (Å²) in [5.74, 6) is 0.227. The van der Waals surface area contributed by atoms with Gasteiger partial charge in [-0.2, -0.15) is 0 Å². The summed E-state index contributed by atoms with van der Waals surface area (Å²) in [6, 6.07) is 0. The fraction of sp³-hybridized carbons (Fsp3) is 0.900. The van der Waals surface area contributed by atoms with Crippen LogP contribution < -0.4 is 5.73 Å². The molecule has 0 aromatic heterocycles. The summed E-state index contributed by atoms with van der Waals surface area (Å²) < 4.78 is 0. The van der Waals surface area contributed by atoms with Gasteiger partial charge in [0.05, 0.1) is 11.3 Å². The minimum Gasteiger partial charge on any atom is -0.411 e. The Morgan fingerprint density at radius 2 is 1.92 bits per heavy atom. The third-order valence-electron chi connectivity index (χ3n) is 3.12. The van der Waals surface area contributed by atoms with Crippen LogP contribution in [-0.4, -0.2) is 16.5 Å². The van der Waals surface area contributed by atoms with E-state index in [2.05, 4.69) is 32.9 Å². The standard InChI is InChI=1S/C10H20N2O/c1-7(9(2,3)4)8(12-13)10(11)5-6-10/h7,13H,5-6,11H2,1-4H3/b12-8-/t7-/m1/s1. The number of nitrogens with zero attached hydrogens (tertiary/aromatic N) is 1. The first-order valence-electron chi connectivity index (χ1n) is 4.82. The van der Waals surface area contributed by atoms with Crippen molar-refractivity contribution < 1.29 is 5.21 Å². The summed E-state index contributed by atoms with van der Waals surface area (Å²) in [7, 11) is 0. The molecule has 0 aromatic carbocycles. The van der Waals surface area contributed by atoms with Crippen LogP contribution in [0.25, 0.3) is 0 Å². The molecular formula is C10H20N2O. The first-order valence-corrected chi connectivity index (χ1v) is 4.82. The van der Waals surface area contributed by atoms with E-state index in [-0.39, 0.29) is 16.9 Å². The maximum Gasteiger partial charge on any atom is 0.0802 e. The summed E-state index contributed by atoms with van der Waals surface area (Å²) in [5, 5.41) is 12.3. The van der Waals surface area contributed by atoms with Gasteiger partial charge >= 0.3 is 0 Å². The molecule has 0 heterocycles. The molecule has 1 aliphatic carbocycles. The highest BCUT2D eigenvalue weighted by Crippen LogP contribution is 2.40. The zero-order valence-electron chi connectivity index (χ0n) is 8.96. The molecule has 13 heavy (non-hydrogen) atoms. The van der Waals surface area contributed by atoms with Crippen molar-refractivity contribution >= 4 is 5.71 Å². The van der Waals surface area contributed by atoms with Gasteiger partial charge in [0.15, 0.2) is 0 Å². The summed E-state index contributed by atoms with van der Waals surface area (Å²) >= 11 is 0. The molecule has 0 bridgehead atoms. The maximum atomic E-state index is 8.94. The van der Waals surface area contributed by atoms with Gasteiger partial charge in [-0.3, -0.25) is 0 Å². The Balaban J connectivity index is 2.80. The summed E-state index contributed by atoms with van der Waals surface area (Å²) in [5.41, 5.74) is 6.58. The number of rotatable bonds is 2. The summed E-state index contributed by atoms with van der Waals surface area (Å²) in [4.78, 5) is 0. The second-order valence-corrected chi connectivity index (χ2v) is 5.23. The second kappa shape index (κ2) is 2.98. The van der Waals surface area contributed by atoms with Crippen LogP contribution in [0, 0.1) is 11.3 Å². The number of oxime groups is 1. The molecule has 1 atom stereocenters. The topological polar surface area (TPSA) is 58.6 Å². The molecule has 3 nitrogen and oxygen atoms in total. The Kier molecular flexibility index (Phi) is 2.41. The number of hydrogen-bond donors (Lipinski definition) is 2. The molecule has 1 aliphatic rings. The van der Waals surface area contributed by atoms with Crippen molar-refractivity contribution in [2.24, 2.45) is 22.2 Å². The summed E-state index contributed by atoms with van der Waals surface area (Å²) in [6.07, 6.45) is 1.90. The average molecular weight is 184 g/mol. The van der Waals surface area contributed by atoms with Crippen LogP contribution in [0.15, 0.2) is 5.16 Å². The van der Waals surface area contributed by atoms with E-state index in [1.165, 1.54) is 0 Å². The highest BCUT2D eigenvalue weighted by atomic mass is 16.4. The molecule has 3 N–H and O–H groups in total. The molecule has 0 amide bonds. The average Bonchev–Trinajstić information content (AvgIpc) is 2.68. The SMILES string of the molecule is C[C@H](/C(=N/O)C1(N)CC1)C(C)(C)C. The second-order valence-electron chi connectivity index (χ2n) is 5.23. The lowest BCUT2D eigenvalue weighted by Crippen LogP contribution is -2.41. The van der Waals surface area contributed by atoms with Gasteiger partial charge in [0, 0.05) is 5.92 Å². The van der Waals surface area contributed by atoms with E-state index in [0.29, 0.717) is 0 Å². The predicted molar refractivity (Wildman–Crippen MR) is 54.0 cm³/mol. The molecule has 0 unspecified atom stereocenters. The zero-order valence-corrected chi connectivity index (χ0v) is 8.96. The van der Waals surface area contributed by atoms with Gasteiger partial charge in [0.2, 0.25) is 0 Å². The minimum absolute atomic E-state index is 0.108. The van der Waals surface area contributed by atoms with Crippen molar-refractivity contribution in [3.8, 4) is 0 Å². The van der Waals surface area contributed by atoms with Crippen LogP contribution >= 0.6 is 0 Å². The van der Waals surface area contributed by atoms with Gasteiger partial charge in [-0.05, 0) is 18.3 Å². The Hall–Kier alpha value is -0.570. The first kappa shape index (κ1) is 10.5. The molecule has 0 spiro atoms.